The highest BCUT2D eigenvalue weighted by Gasteiger charge is 2.31. The Bertz CT molecular complexity index is 1470. The molecule has 0 fully saturated rings. The molecule has 0 saturated carbocycles. The summed E-state index contributed by atoms with van der Waals surface area (Å²) in [6, 6.07) is 18.6. The van der Waals surface area contributed by atoms with E-state index in [-0.39, 0.29) is 22.4 Å². The van der Waals surface area contributed by atoms with Gasteiger partial charge >= 0.3 is 0 Å². The van der Waals surface area contributed by atoms with Crippen LogP contribution in [0.25, 0.3) is 16.6 Å². The minimum Gasteiger partial charge on any atom is -0.328 e. The first-order valence-corrected chi connectivity index (χ1v) is 12.9. The molecule has 4 rings (SSSR count). The van der Waals surface area contributed by atoms with Crippen molar-refractivity contribution in [2.45, 2.75) is 33.2 Å². The topological polar surface area (TPSA) is 55.2 Å². The molecule has 0 spiro atoms. The van der Waals surface area contributed by atoms with Gasteiger partial charge in [-0.15, -0.1) is 0 Å². The predicted octanol–water partition coefficient (Wildman–Crippen LogP) is 7.60. The van der Waals surface area contributed by atoms with Crippen molar-refractivity contribution in [2.24, 2.45) is 5.92 Å². The lowest BCUT2D eigenvalue weighted by Crippen LogP contribution is -2.40. The summed E-state index contributed by atoms with van der Waals surface area (Å²) in [6.07, 6.45) is 0.530. The molecule has 0 N–H and O–H groups in total. The molecule has 3 aromatic carbocycles. The highest BCUT2D eigenvalue weighted by Crippen LogP contribution is 2.31. The molecule has 8 heteroatoms. The van der Waals surface area contributed by atoms with Gasteiger partial charge in [0.15, 0.2) is 0 Å². The lowest BCUT2D eigenvalue weighted by Gasteiger charge is -2.34. The van der Waals surface area contributed by atoms with Crippen molar-refractivity contribution in [3.63, 3.8) is 0 Å². The molecule has 1 atom stereocenters. The third-order valence-corrected chi connectivity index (χ3v) is 6.73. The Kier molecular flexibility index (Phi) is 8.04. The number of para-hydroxylation sites is 1. The fraction of sp³-hybridized carbons (Fsp3) is 0.250. The fourth-order valence-electron chi connectivity index (χ4n) is 4.32. The SMILES string of the molecule is CCC(c1nc2ccccc2c(=O)n1-c1ccc(Cl)cc1)N(CC(C)C)C(=O)c1ccc(Cl)cc1Cl. The summed E-state index contributed by atoms with van der Waals surface area (Å²) < 4.78 is 1.58. The number of carbonyl (C=O) groups excluding carboxylic acids is 1. The Balaban J connectivity index is 1.96. The van der Waals surface area contributed by atoms with Crippen LogP contribution in [0.1, 0.15) is 49.4 Å². The van der Waals surface area contributed by atoms with Gasteiger partial charge in [-0.2, -0.15) is 0 Å². The van der Waals surface area contributed by atoms with Gasteiger partial charge in [0.1, 0.15) is 5.82 Å². The summed E-state index contributed by atoms with van der Waals surface area (Å²) in [4.78, 5) is 34.4. The zero-order chi connectivity index (χ0) is 26.0. The summed E-state index contributed by atoms with van der Waals surface area (Å²) in [5.41, 5.74) is 1.33. The van der Waals surface area contributed by atoms with Crippen LogP contribution in [0.5, 0.6) is 0 Å². The Morgan fingerprint density at radius 2 is 1.64 bits per heavy atom. The second-order valence-corrected chi connectivity index (χ2v) is 10.3. The largest absolute Gasteiger partial charge is 0.328 e. The van der Waals surface area contributed by atoms with E-state index < -0.39 is 6.04 Å². The number of rotatable bonds is 7. The molecule has 0 saturated heterocycles. The van der Waals surface area contributed by atoms with Crippen LogP contribution in [0.2, 0.25) is 15.1 Å². The van der Waals surface area contributed by atoms with E-state index in [0.717, 1.165) is 0 Å². The van der Waals surface area contributed by atoms with Crippen LogP contribution in [-0.4, -0.2) is 26.9 Å². The number of nitrogens with zero attached hydrogens (tertiary/aromatic N) is 3. The fourth-order valence-corrected chi connectivity index (χ4v) is 4.93. The standard InChI is InChI=1S/C28H26Cl3N3O2/c1-4-25(33(16-17(2)3)27(35)21-14-11-19(30)15-23(21)31)26-32-24-8-6-5-7-22(24)28(36)34(26)20-12-9-18(29)10-13-20/h5-15,17,25H,4,16H2,1-3H3. The summed E-state index contributed by atoms with van der Waals surface area (Å²) in [5.74, 6) is 0.384. The maximum Gasteiger partial charge on any atom is 0.266 e. The monoisotopic (exact) mass is 541 g/mol. The molecule has 4 aromatic rings. The maximum atomic E-state index is 13.9. The van der Waals surface area contributed by atoms with Gasteiger partial charge in [-0.25, -0.2) is 4.98 Å². The van der Waals surface area contributed by atoms with E-state index in [0.29, 0.717) is 51.0 Å². The molecule has 0 aliphatic heterocycles. The number of amides is 1. The Morgan fingerprint density at radius 3 is 2.28 bits per heavy atom. The van der Waals surface area contributed by atoms with E-state index in [4.69, 9.17) is 39.8 Å². The van der Waals surface area contributed by atoms with Gasteiger partial charge in [0, 0.05) is 16.6 Å². The summed E-state index contributed by atoms with van der Waals surface area (Å²) in [7, 11) is 0. The van der Waals surface area contributed by atoms with E-state index in [9.17, 15) is 9.59 Å². The smallest absolute Gasteiger partial charge is 0.266 e. The van der Waals surface area contributed by atoms with Crippen molar-refractivity contribution in [3.8, 4) is 5.69 Å². The van der Waals surface area contributed by atoms with Crippen molar-refractivity contribution in [1.29, 1.82) is 0 Å². The van der Waals surface area contributed by atoms with Gasteiger partial charge in [0.25, 0.3) is 11.5 Å². The molecule has 1 heterocycles. The lowest BCUT2D eigenvalue weighted by atomic mass is 10.1. The number of fused-ring (bicyclic) bond motifs is 1. The molecular formula is C28H26Cl3N3O2. The van der Waals surface area contributed by atoms with Crippen LogP contribution >= 0.6 is 34.8 Å². The number of carbonyl (C=O) groups is 1. The molecule has 0 aliphatic carbocycles. The Labute approximate surface area is 225 Å². The van der Waals surface area contributed by atoms with Crippen LogP contribution in [0.3, 0.4) is 0 Å². The number of hydrogen-bond donors (Lipinski definition) is 0. The van der Waals surface area contributed by atoms with Crippen LogP contribution in [0, 0.1) is 5.92 Å². The summed E-state index contributed by atoms with van der Waals surface area (Å²) in [5, 5.41) is 1.78. The van der Waals surface area contributed by atoms with Gasteiger partial charge < -0.3 is 4.90 Å². The first-order valence-electron chi connectivity index (χ1n) is 11.7. The number of hydrogen-bond acceptors (Lipinski definition) is 3. The van der Waals surface area contributed by atoms with E-state index in [2.05, 4.69) is 0 Å². The van der Waals surface area contributed by atoms with E-state index in [1.165, 1.54) is 0 Å². The van der Waals surface area contributed by atoms with Crippen LogP contribution in [0.4, 0.5) is 0 Å². The predicted molar refractivity (Wildman–Crippen MR) is 148 cm³/mol. The van der Waals surface area contributed by atoms with Crippen molar-refractivity contribution in [3.05, 3.63) is 104 Å². The molecule has 1 amide bonds. The minimum atomic E-state index is -0.500. The lowest BCUT2D eigenvalue weighted by molar-refractivity contribution is 0.0631. The van der Waals surface area contributed by atoms with Crippen molar-refractivity contribution < 1.29 is 4.79 Å². The van der Waals surface area contributed by atoms with Gasteiger partial charge in [0.2, 0.25) is 0 Å². The van der Waals surface area contributed by atoms with Crippen LogP contribution in [0.15, 0.2) is 71.5 Å². The molecule has 0 bridgehead atoms. The molecule has 0 aliphatic rings. The van der Waals surface area contributed by atoms with E-state index in [1.54, 1.807) is 58.0 Å². The molecule has 36 heavy (non-hydrogen) atoms. The molecule has 186 valence electrons. The van der Waals surface area contributed by atoms with E-state index in [1.807, 2.05) is 39.0 Å². The zero-order valence-corrected chi connectivity index (χ0v) is 22.5. The van der Waals surface area contributed by atoms with Gasteiger partial charge in [-0.1, -0.05) is 67.7 Å². The normalized spacial score (nSPS) is 12.2. The van der Waals surface area contributed by atoms with Gasteiger partial charge in [-0.3, -0.25) is 14.2 Å². The summed E-state index contributed by atoms with van der Waals surface area (Å²) in [6.45, 7) is 6.50. The summed E-state index contributed by atoms with van der Waals surface area (Å²) >= 11 is 18.6. The average molecular weight is 543 g/mol. The maximum absolute atomic E-state index is 13.9. The van der Waals surface area contributed by atoms with Gasteiger partial charge in [-0.05, 0) is 66.9 Å². The Hall–Kier alpha value is -2.86. The zero-order valence-electron chi connectivity index (χ0n) is 20.2. The number of benzene rings is 3. The van der Waals surface area contributed by atoms with Gasteiger partial charge in [0.05, 0.1) is 33.2 Å². The highest BCUT2D eigenvalue weighted by molar-refractivity contribution is 6.36. The molecule has 5 nitrogen and oxygen atoms in total. The van der Waals surface area contributed by atoms with Crippen LogP contribution < -0.4 is 5.56 Å². The molecule has 1 unspecified atom stereocenters. The molecular weight excluding hydrogens is 517 g/mol. The highest BCUT2D eigenvalue weighted by atomic mass is 35.5. The second-order valence-electron chi connectivity index (χ2n) is 9.00. The quantitative estimate of drug-likeness (QED) is 0.242. The third-order valence-electron chi connectivity index (χ3n) is 5.93. The number of halogens is 3. The third kappa shape index (κ3) is 5.29. The van der Waals surface area contributed by atoms with Crippen LogP contribution in [-0.2, 0) is 0 Å². The Morgan fingerprint density at radius 1 is 0.972 bits per heavy atom. The van der Waals surface area contributed by atoms with Crippen molar-refractivity contribution in [1.82, 2.24) is 14.5 Å². The minimum absolute atomic E-state index is 0.158. The second kappa shape index (κ2) is 11.0. The average Bonchev–Trinajstić information content (AvgIpc) is 2.84. The number of aromatic nitrogens is 2. The van der Waals surface area contributed by atoms with E-state index >= 15 is 0 Å². The molecule has 1 aromatic heterocycles. The van der Waals surface area contributed by atoms with Crippen molar-refractivity contribution in [2.75, 3.05) is 6.54 Å². The van der Waals surface area contributed by atoms with Crippen molar-refractivity contribution >= 4 is 51.6 Å². The molecule has 0 radical (unpaired) electrons. The first kappa shape index (κ1) is 26.2. The first-order chi connectivity index (χ1) is 17.2.